The van der Waals surface area contributed by atoms with E-state index in [9.17, 15) is 9.59 Å². The Kier molecular flexibility index (Phi) is 7.02. The molecule has 0 fully saturated rings. The Morgan fingerprint density at radius 2 is 1.88 bits per heavy atom. The maximum absolute atomic E-state index is 11.9. The van der Waals surface area contributed by atoms with Crippen molar-refractivity contribution in [2.75, 3.05) is 11.9 Å². The molecule has 0 aromatic heterocycles. The molecule has 2 aromatic rings. The molecule has 0 bridgehead atoms. The number of carboxylic acids is 1. The minimum atomic E-state index is -0.872. The van der Waals surface area contributed by atoms with Crippen LogP contribution in [0.3, 0.4) is 0 Å². The van der Waals surface area contributed by atoms with Gasteiger partial charge in [-0.2, -0.15) is 0 Å². The van der Waals surface area contributed by atoms with Crippen LogP contribution in [0.25, 0.3) is 0 Å². The molecule has 3 N–H and O–H groups in total. The molecule has 2 aromatic carbocycles. The highest BCUT2D eigenvalue weighted by molar-refractivity contribution is 5.90. The van der Waals surface area contributed by atoms with Gasteiger partial charge in [0.1, 0.15) is 11.9 Å². The molecule has 0 aliphatic heterocycles. The molecular weight excluding hydrogens is 332 g/mol. The zero-order valence-electron chi connectivity index (χ0n) is 15.0. The summed E-state index contributed by atoms with van der Waals surface area (Å²) in [5.74, 6) is -0.144. The van der Waals surface area contributed by atoms with Crippen LogP contribution in [0.4, 0.5) is 10.5 Å². The highest BCUT2D eigenvalue weighted by atomic mass is 16.5. The van der Waals surface area contributed by atoms with Crippen molar-refractivity contribution in [3.8, 4) is 5.75 Å². The van der Waals surface area contributed by atoms with Crippen molar-refractivity contribution in [2.24, 2.45) is 0 Å². The molecule has 26 heavy (non-hydrogen) atoms. The van der Waals surface area contributed by atoms with Crippen LogP contribution in [0.15, 0.2) is 48.5 Å². The third-order valence-electron chi connectivity index (χ3n) is 3.88. The molecule has 1 atom stereocenters. The van der Waals surface area contributed by atoms with Gasteiger partial charge in [0.25, 0.3) is 0 Å². The quantitative estimate of drug-likeness (QED) is 0.621. The average molecular weight is 356 g/mol. The molecule has 0 heterocycles. The fourth-order valence-electron chi connectivity index (χ4n) is 2.45. The van der Waals surface area contributed by atoms with E-state index in [0.717, 1.165) is 16.9 Å². The third kappa shape index (κ3) is 6.12. The number of hydrogen-bond donors (Lipinski definition) is 3. The predicted octanol–water partition coefficient (Wildman–Crippen LogP) is 4.12. The summed E-state index contributed by atoms with van der Waals surface area (Å²) < 4.78 is 5.96. The van der Waals surface area contributed by atoms with Crippen LogP contribution in [-0.2, 0) is 4.79 Å². The number of aryl methyl sites for hydroxylation is 1. The number of hydrogen-bond acceptors (Lipinski definition) is 3. The molecule has 0 saturated heterocycles. The summed E-state index contributed by atoms with van der Waals surface area (Å²) in [6, 6.07) is 15.1. The Morgan fingerprint density at radius 3 is 2.54 bits per heavy atom. The summed E-state index contributed by atoms with van der Waals surface area (Å²) in [5.41, 5.74) is 2.65. The standard InChI is InChI=1S/C20H24N2O4/c1-14-13-17(26-15(2)16-7-4-3-5-8-16)10-11-18(14)22-20(25)21-12-6-9-19(23)24/h3-5,7-8,10-11,13,15H,6,9,12H2,1-2H3,(H,23,24)(H2,21,22,25). The fraction of sp³-hybridized carbons (Fsp3) is 0.300. The SMILES string of the molecule is Cc1cc(OC(C)c2ccccc2)ccc1NC(=O)NCCCC(=O)O. The van der Waals surface area contributed by atoms with Crippen molar-refractivity contribution in [1.29, 1.82) is 0 Å². The van der Waals surface area contributed by atoms with Gasteiger partial charge in [-0.05, 0) is 49.6 Å². The van der Waals surface area contributed by atoms with Crippen LogP contribution in [-0.4, -0.2) is 23.7 Å². The molecular formula is C20H24N2O4. The number of ether oxygens (including phenoxy) is 1. The maximum Gasteiger partial charge on any atom is 0.319 e. The fourth-order valence-corrected chi connectivity index (χ4v) is 2.45. The van der Waals surface area contributed by atoms with E-state index >= 15 is 0 Å². The number of amides is 2. The Hall–Kier alpha value is -3.02. The van der Waals surface area contributed by atoms with E-state index in [0.29, 0.717) is 18.7 Å². The predicted molar refractivity (Wildman–Crippen MR) is 101 cm³/mol. The zero-order valence-corrected chi connectivity index (χ0v) is 15.0. The molecule has 6 nitrogen and oxygen atoms in total. The second-order valence-electron chi connectivity index (χ2n) is 6.03. The number of urea groups is 1. The molecule has 0 radical (unpaired) electrons. The lowest BCUT2D eigenvalue weighted by atomic mass is 10.1. The van der Waals surface area contributed by atoms with Gasteiger partial charge in [0, 0.05) is 18.7 Å². The summed E-state index contributed by atoms with van der Waals surface area (Å²) >= 11 is 0. The first-order valence-corrected chi connectivity index (χ1v) is 8.54. The number of benzene rings is 2. The highest BCUT2D eigenvalue weighted by Gasteiger charge is 2.09. The van der Waals surface area contributed by atoms with Crippen molar-refractivity contribution in [3.63, 3.8) is 0 Å². The van der Waals surface area contributed by atoms with Crippen molar-refractivity contribution in [2.45, 2.75) is 32.8 Å². The van der Waals surface area contributed by atoms with Gasteiger partial charge in [-0.3, -0.25) is 4.79 Å². The van der Waals surface area contributed by atoms with Crippen molar-refractivity contribution < 1.29 is 19.4 Å². The van der Waals surface area contributed by atoms with E-state index in [1.54, 1.807) is 6.07 Å². The van der Waals surface area contributed by atoms with E-state index in [1.165, 1.54) is 0 Å². The Bertz CT molecular complexity index is 747. The van der Waals surface area contributed by atoms with Gasteiger partial charge >= 0.3 is 12.0 Å². The first kappa shape index (κ1) is 19.3. The van der Waals surface area contributed by atoms with Gasteiger partial charge in [-0.25, -0.2) is 4.79 Å². The van der Waals surface area contributed by atoms with Gasteiger partial charge < -0.3 is 20.5 Å². The normalized spacial score (nSPS) is 11.5. The molecule has 0 spiro atoms. The topological polar surface area (TPSA) is 87.7 Å². The van der Waals surface area contributed by atoms with E-state index in [4.69, 9.17) is 9.84 Å². The monoisotopic (exact) mass is 356 g/mol. The lowest BCUT2D eigenvalue weighted by Gasteiger charge is -2.17. The molecule has 2 amide bonds. The minimum absolute atomic E-state index is 0.0327. The number of nitrogens with one attached hydrogen (secondary N) is 2. The highest BCUT2D eigenvalue weighted by Crippen LogP contribution is 2.26. The summed E-state index contributed by atoms with van der Waals surface area (Å²) in [4.78, 5) is 22.3. The van der Waals surface area contributed by atoms with Gasteiger partial charge in [-0.15, -0.1) is 0 Å². The van der Waals surface area contributed by atoms with Crippen molar-refractivity contribution in [3.05, 3.63) is 59.7 Å². The number of carbonyl (C=O) groups is 2. The first-order chi connectivity index (χ1) is 12.5. The van der Waals surface area contributed by atoms with Crippen LogP contribution in [0.2, 0.25) is 0 Å². The summed E-state index contributed by atoms with van der Waals surface area (Å²) in [6.07, 6.45) is 0.351. The van der Waals surface area contributed by atoms with Crippen LogP contribution in [0.1, 0.15) is 37.0 Å². The number of anilines is 1. The van der Waals surface area contributed by atoms with Gasteiger partial charge in [0.2, 0.25) is 0 Å². The number of carboxylic acid groups (broad SMARTS) is 1. The van der Waals surface area contributed by atoms with Crippen LogP contribution in [0, 0.1) is 6.92 Å². The molecule has 0 aliphatic carbocycles. The van der Waals surface area contributed by atoms with Crippen molar-refractivity contribution in [1.82, 2.24) is 5.32 Å². The largest absolute Gasteiger partial charge is 0.486 e. The first-order valence-electron chi connectivity index (χ1n) is 8.54. The van der Waals surface area contributed by atoms with E-state index in [2.05, 4.69) is 10.6 Å². The third-order valence-corrected chi connectivity index (χ3v) is 3.88. The number of aliphatic carboxylic acids is 1. The molecule has 2 rings (SSSR count). The second kappa shape index (κ2) is 9.46. The minimum Gasteiger partial charge on any atom is -0.486 e. The van der Waals surface area contributed by atoms with Crippen LogP contribution in [0.5, 0.6) is 5.75 Å². The van der Waals surface area contributed by atoms with E-state index in [-0.39, 0.29) is 18.6 Å². The lowest BCUT2D eigenvalue weighted by Crippen LogP contribution is -2.30. The summed E-state index contributed by atoms with van der Waals surface area (Å²) in [6.45, 7) is 4.19. The Balaban J connectivity index is 1.88. The maximum atomic E-state index is 11.9. The average Bonchev–Trinajstić information content (AvgIpc) is 2.61. The van der Waals surface area contributed by atoms with Crippen molar-refractivity contribution >= 4 is 17.7 Å². The smallest absolute Gasteiger partial charge is 0.319 e. The molecule has 0 saturated carbocycles. The van der Waals surface area contributed by atoms with E-state index in [1.807, 2.05) is 56.3 Å². The zero-order chi connectivity index (χ0) is 18.9. The molecule has 138 valence electrons. The Morgan fingerprint density at radius 1 is 1.15 bits per heavy atom. The number of rotatable bonds is 8. The molecule has 6 heteroatoms. The second-order valence-corrected chi connectivity index (χ2v) is 6.03. The summed E-state index contributed by atoms with van der Waals surface area (Å²) in [5, 5.41) is 14.0. The van der Waals surface area contributed by atoms with E-state index < -0.39 is 5.97 Å². The van der Waals surface area contributed by atoms with Gasteiger partial charge in [-0.1, -0.05) is 30.3 Å². The number of carbonyl (C=O) groups excluding carboxylic acids is 1. The molecule has 0 aliphatic rings. The lowest BCUT2D eigenvalue weighted by molar-refractivity contribution is -0.137. The van der Waals surface area contributed by atoms with Crippen LogP contribution < -0.4 is 15.4 Å². The molecule has 1 unspecified atom stereocenters. The van der Waals surface area contributed by atoms with Gasteiger partial charge in [0.05, 0.1) is 0 Å². The summed E-state index contributed by atoms with van der Waals surface area (Å²) in [7, 11) is 0. The van der Waals surface area contributed by atoms with Crippen LogP contribution >= 0.6 is 0 Å². The van der Waals surface area contributed by atoms with Gasteiger partial charge in [0.15, 0.2) is 0 Å². The Labute approximate surface area is 153 Å².